The molecule has 0 saturated carbocycles. The minimum atomic E-state index is -3.79. The van der Waals surface area contributed by atoms with Gasteiger partial charge in [0.1, 0.15) is 6.04 Å². The summed E-state index contributed by atoms with van der Waals surface area (Å²) in [5, 5.41) is 3.29. The predicted molar refractivity (Wildman–Crippen MR) is 120 cm³/mol. The zero-order chi connectivity index (χ0) is 21.2. The molecular weight excluding hydrogens is 433 g/mol. The average Bonchev–Trinajstić information content (AvgIpc) is 3.19. The molecule has 9 heteroatoms. The summed E-state index contributed by atoms with van der Waals surface area (Å²) < 4.78 is 25.8. The summed E-state index contributed by atoms with van der Waals surface area (Å²) in [6.45, 7) is 3.57. The first kappa shape index (κ1) is 21.7. The van der Waals surface area contributed by atoms with Crippen LogP contribution in [0.2, 0.25) is 10.0 Å². The second-order valence-electron chi connectivity index (χ2n) is 7.06. The van der Waals surface area contributed by atoms with E-state index < -0.39 is 22.0 Å². The molecule has 29 heavy (non-hydrogen) atoms. The van der Waals surface area contributed by atoms with Crippen molar-refractivity contribution in [3.8, 4) is 0 Å². The molecule has 1 saturated heterocycles. The van der Waals surface area contributed by atoms with E-state index in [0.717, 1.165) is 29.3 Å². The van der Waals surface area contributed by atoms with Crippen molar-refractivity contribution < 1.29 is 13.2 Å². The summed E-state index contributed by atoms with van der Waals surface area (Å²) in [4.78, 5) is 15.1. The number of benzene rings is 2. The highest BCUT2D eigenvalue weighted by molar-refractivity contribution is 7.92. The smallest absolute Gasteiger partial charge is 0.247 e. The van der Waals surface area contributed by atoms with Crippen LogP contribution in [0, 0.1) is 0 Å². The molecule has 0 aromatic heterocycles. The van der Waals surface area contributed by atoms with Crippen molar-refractivity contribution >= 4 is 56.2 Å². The molecular formula is C20H23Cl2N3O3S. The summed E-state index contributed by atoms with van der Waals surface area (Å²) in [5.74, 6) is -0.472. The lowest BCUT2D eigenvalue weighted by molar-refractivity contribution is -0.116. The summed E-state index contributed by atoms with van der Waals surface area (Å²) in [6, 6.07) is 11.0. The van der Waals surface area contributed by atoms with Crippen LogP contribution in [0.3, 0.4) is 0 Å². The van der Waals surface area contributed by atoms with Crippen LogP contribution in [0.15, 0.2) is 42.5 Å². The Hall–Kier alpha value is -1.96. The fourth-order valence-corrected chi connectivity index (χ4v) is 5.02. The Balaban J connectivity index is 1.80. The Morgan fingerprint density at radius 1 is 1.10 bits per heavy atom. The molecule has 1 aliphatic rings. The first-order valence-electron chi connectivity index (χ1n) is 9.27. The van der Waals surface area contributed by atoms with E-state index in [1.807, 2.05) is 24.3 Å². The molecule has 3 rings (SSSR count). The largest absolute Gasteiger partial charge is 0.372 e. The van der Waals surface area contributed by atoms with Gasteiger partial charge in [0, 0.05) is 29.5 Å². The summed E-state index contributed by atoms with van der Waals surface area (Å²) >= 11 is 12.2. The lowest BCUT2D eigenvalue weighted by atomic mass is 10.2. The van der Waals surface area contributed by atoms with E-state index in [-0.39, 0.29) is 10.7 Å². The topological polar surface area (TPSA) is 69.7 Å². The van der Waals surface area contributed by atoms with Gasteiger partial charge in [-0.25, -0.2) is 8.42 Å². The van der Waals surface area contributed by atoms with Crippen molar-refractivity contribution in [3.05, 3.63) is 52.5 Å². The second kappa shape index (κ2) is 8.81. The van der Waals surface area contributed by atoms with Gasteiger partial charge in [-0.1, -0.05) is 23.2 Å². The minimum Gasteiger partial charge on any atom is -0.372 e. The standard InChI is InChI=1S/C20H23Cl2N3O3S/c1-14(25(29(2,27)28)19-13-15(21)5-10-18(19)22)20(26)23-16-6-8-17(9-7-16)24-11-3-4-12-24/h5-10,13-14H,3-4,11-12H2,1-2H3,(H,23,26). The molecule has 1 aliphatic heterocycles. The van der Waals surface area contributed by atoms with E-state index in [1.54, 1.807) is 6.07 Å². The van der Waals surface area contributed by atoms with E-state index in [9.17, 15) is 13.2 Å². The summed E-state index contributed by atoms with van der Waals surface area (Å²) in [6.07, 6.45) is 3.39. The van der Waals surface area contributed by atoms with Crippen molar-refractivity contribution in [2.75, 3.05) is 33.9 Å². The van der Waals surface area contributed by atoms with Crippen molar-refractivity contribution in [1.29, 1.82) is 0 Å². The number of amides is 1. The Morgan fingerprint density at radius 3 is 2.31 bits per heavy atom. The number of carbonyl (C=O) groups is 1. The molecule has 0 bridgehead atoms. The fourth-order valence-electron chi connectivity index (χ4n) is 3.41. The Morgan fingerprint density at radius 2 is 1.72 bits per heavy atom. The lowest BCUT2D eigenvalue weighted by Gasteiger charge is -2.29. The van der Waals surface area contributed by atoms with Crippen molar-refractivity contribution in [3.63, 3.8) is 0 Å². The summed E-state index contributed by atoms with van der Waals surface area (Å²) in [5.41, 5.74) is 1.86. The maximum atomic E-state index is 12.8. The Labute approximate surface area is 181 Å². The van der Waals surface area contributed by atoms with Crippen molar-refractivity contribution in [2.24, 2.45) is 0 Å². The lowest BCUT2D eigenvalue weighted by Crippen LogP contribution is -2.45. The SMILES string of the molecule is CC(C(=O)Nc1ccc(N2CCCC2)cc1)N(c1cc(Cl)ccc1Cl)S(C)(=O)=O. The maximum Gasteiger partial charge on any atom is 0.247 e. The van der Waals surface area contributed by atoms with E-state index in [1.165, 1.54) is 31.9 Å². The van der Waals surface area contributed by atoms with E-state index in [0.29, 0.717) is 10.7 Å². The highest BCUT2D eigenvalue weighted by Gasteiger charge is 2.31. The molecule has 0 aliphatic carbocycles. The third kappa shape index (κ3) is 5.15. The van der Waals surface area contributed by atoms with E-state index in [2.05, 4.69) is 10.2 Å². The number of hydrogen-bond acceptors (Lipinski definition) is 4. The molecule has 6 nitrogen and oxygen atoms in total. The van der Waals surface area contributed by atoms with Crippen LogP contribution < -0.4 is 14.5 Å². The van der Waals surface area contributed by atoms with Crippen LogP contribution in [0.1, 0.15) is 19.8 Å². The van der Waals surface area contributed by atoms with Crippen LogP contribution in [0.25, 0.3) is 0 Å². The molecule has 1 N–H and O–H groups in total. The second-order valence-corrected chi connectivity index (χ2v) is 9.76. The molecule has 156 valence electrons. The zero-order valence-corrected chi connectivity index (χ0v) is 18.6. The highest BCUT2D eigenvalue weighted by Crippen LogP contribution is 2.32. The van der Waals surface area contributed by atoms with E-state index in [4.69, 9.17) is 23.2 Å². The number of sulfonamides is 1. The van der Waals surface area contributed by atoms with Crippen molar-refractivity contribution in [1.82, 2.24) is 0 Å². The maximum absolute atomic E-state index is 12.8. The molecule has 1 unspecified atom stereocenters. The monoisotopic (exact) mass is 455 g/mol. The normalized spacial score (nSPS) is 15.2. The molecule has 1 amide bonds. The third-order valence-electron chi connectivity index (χ3n) is 4.84. The van der Waals surface area contributed by atoms with Gasteiger partial charge in [0.15, 0.2) is 0 Å². The number of rotatable bonds is 6. The van der Waals surface area contributed by atoms with Gasteiger partial charge in [0.2, 0.25) is 15.9 Å². The molecule has 1 heterocycles. The Bertz CT molecular complexity index is 991. The minimum absolute atomic E-state index is 0.161. The van der Waals surface area contributed by atoms with Crippen LogP contribution in [-0.4, -0.2) is 39.7 Å². The fraction of sp³-hybridized carbons (Fsp3) is 0.350. The average molecular weight is 456 g/mol. The van der Waals surface area contributed by atoms with Crippen LogP contribution in [0.5, 0.6) is 0 Å². The first-order chi connectivity index (χ1) is 13.7. The molecule has 1 fully saturated rings. The first-order valence-corrected chi connectivity index (χ1v) is 11.9. The van der Waals surface area contributed by atoms with Gasteiger partial charge in [-0.15, -0.1) is 0 Å². The number of nitrogens with one attached hydrogen (secondary N) is 1. The molecule has 0 spiro atoms. The number of halogens is 2. The van der Waals surface area contributed by atoms with Crippen molar-refractivity contribution in [2.45, 2.75) is 25.8 Å². The number of anilines is 3. The molecule has 2 aromatic rings. The highest BCUT2D eigenvalue weighted by atomic mass is 35.5. The number of hydrogen-bond donors (Lipinski definition) is 1. The quantitative estimate of drug-likeness (QED) is 0.700. The van der Waals surface area contributed by atoms with Crippen LogP contribution >= 0.6 is 23.2 Å². The van der Waals surface area contributed by atoms with Gasteiger partial charge in [0.25, 0.3) is 0 Å². The third-order valence-corrected chi connectivity index (χ3v) is 6.62. The number of nitrogens with zero attached hydrogens (tertiary/aromatic N) is 2. The van der Waals surface area contributed by atoms with Gasteiger partial charge < -0.3 is 10.2 Å². The van der Waals surface area contributed by atoms with Gasteiger partial charge in [-0.3, -0.25) is 9.10 Å². The zero-order valence-electron chi connectivity index (χ0n) is 16.2. The molecule has 1 atom stereocenters. The van der Waals surface area contributed by atoms with Crippen LogP contribution in [-0.2, 0) is 14.8 Å². The molecule has 2 aromatic carbocycles. The van der Waals surface area contributed by atoms with Gasteiger partial charge in [-0.2, -0.15) is 0 Å². The molecule has 0 radical (unpaired) electrons. The Kier molecular flexibility index (Phi) is 6.61. The predicted octanol–water partition coefficient (Wildman–Crippen LogP) is 4.39. The summed E-state index contributed by atoms with van der Waals surface area (Å²) in [7, 11) is -3.79. The van der Waals surface area contributed by atoms with Crippen LogP contribution in [0.4, 0.5) is 17.1 Å². The van der Waals surface area contributed by atoms with Gasteiger partial charge in [-0.05, 0) is 62.2 Å². The van der Waals surface area contributed by atoms with E-state index >= 15 is 0 Å². The van der Waals surface area contributed by atoms with Gasteiger partial charge >= 0.3 is 0 Å². The number of carbonyl (C=O) groups excluding carboxylic acids is 1. The van der Waals surface area contributed by atoms with Gasteiger partial charge in [0.05, 0.1) is 17.0 Å².